The second-order valence-corrected chi connectivity index (χ2v) is 6.23. The number of benzene rings is 2. The van der Waals surface area contributed by atoms with Crippen LogP contribution in [0.5, 0.6) is 0 Å². The monoisotopic (exact) mass is 310 g/mol. The number of halogens is 1. The highest BCUT2D eigenvalue weighted by molar-refractivity contribution is 6.00. The molecule has 0 atom stereocenters. The summed E-state index contributed by atoms with van der Waals surface area (Å²) in [6, 6.07) is 13.9. The lowest BCUT2D eigenvalue weighted by Crippen LogP contribution is -2.25. The van der Waals surface area contributed by atoms with E-state index in [1.165, 1.54) is 17.7 Å². The summed E-state index contributed by atoms with van der Waals surface area (Å²) in [5.41, 5.74) is 3.56. The predicted molar refractivity (Wildman–Crippen MR) is 91.0 cm³/mol. The number of rotatable bonds is 2. The zero-order valence-corrected chi connectivity index (χ0v) is 13.4. The van der Waals surface area contributed by atoms with E-state index in [-0.39, 0.29) is 17.1 Å². The minimum absolute atomic E-state index is 0.223. The summed E-state index contributed by atoms with van der Waals surface area (Å²) in [6.07, 6.45) is 1.61. The van der Waals surface area contributed by atoms with Crippen molar-refractivity contribution in [3.05, 3.63) is 71.7 Å². The van der Waals surface area contributed by atoms with Gasteiger partial charge in [0.1, 0.15) is 5.82 Å². The number of nitrogens with zero attached hydrogens (tertiary/aromatic N) is 1. The van der Waals surface area contributed by atoms with E-state index in [1.807, 2.05) is 24.1 Å². The Bertz CT molecular complexity index is 778. The van der Waals surface area contributed by atoms with E-state index in [1.54, 1.807) is 18.2 Å². The molecule has 0 saturated carbocycles. The van der Waals surface area contributed by atoms with Gasteiger partial charge in [-0.15, -0.1) is 0 Å². The summed E-state index contributed by atoms with van der Waals surface area (Å²) in [5.74, 6) is -0.548. The molecule has 1 heterocycles. The van der Waals surface area contributed by atoms with Crippen molar-refractivity contribution >= 4 is 17.3 Å². The molecule has 0 unspecified atom stereocenters. The van der Waals surface area contributed by atoms with Crippen LogP contribution in [0, 0.1) is 5.82 Å². The third-order valence-corrected chi connectivity index (χ3v) is 4.32. The van der Waals surface area contributed by atoms with Crippen LogP contribution in [0.15, 0.2) is 60.3 Å². The first-order valence-corrected chi connectivity index (χ1v) is 7.51. The second-order valence-electron chi connectivity index (χ2n) is 6.23. The van der Waals surface area contributed by atoms with Crippen LogP contribution < -0.4 is 10.2 Å². The molecule has 1 N–H and O–H groups in total. The van der Waals surface area contributed by atoms with Crippen LogP contribution in [0.25, 0.3) is 0 Å². The Hall–Kier alpha value is -2.62. The lowest BCUT2D eigenvalue weighted by molar-refractivity contribution is -0.112. The molecule has 0 bridgehead atoms. The molecule has 0 radical (unpaired) electrons. The van der Waals surface area contributed by atoms with Crippen molar-refractivity contribution in [2.24, 2.45) is 0 Å². The zero-order valence-electron chi connectivity index (χ0n) is 13.4. The zero-order chi connectivity index (χ0) is 16.6. The highest BCUT2D eigenvalue weighted by Gasteiger charge is 2.38. The smallest absolute Gasteiger partial charge is 0.250 e. The normalized spacial score (nSPS) is 17.2. The van der Waals surface area contributed by atoms with Crippen LogP contribution in [0.1, 0.15) is 19.4 Å². The predicted octanol–water partition coefficient (Wildman–Crippen LogP) is 4.08. The number of carbonyl (C=O) groups excluding carboxylic acids is 1. The van der Waals surface area contributed by atoms with Crippen molar-refractivity contribution in [2.45, 2.75) is 19.3 Å². The molecular weight excluding hydrogens is 291 g/mol. The fourth-order valence-electron chi connectivity index (χ4n) is 3.09. The molecule has 3 nitrogen and oxygen atoms in total. The van der Waals surface area contributed by atoms with Crippen LogP contribution in [0.4, 0.5) is 15.8 Å². The minimum atomic E-state index is -0.325. The number of hydrogen-bond acceptors (Lipinski definition) is 2. The Morgan fingerprint density at radius 1 is 1.13 bits per heavy atom. The number of carbonyl (C=O) groups is 1. The Labute approximate surface area is 135 Å². The minimum Gasteiger partial charge on any atom is -0.347 e. The molecule has 0 fully saturated rings. The molecule has 1 amide bonds. The fraction of sp³-hybridized carbons (Fsp3) is 0.211. The topological polar surface area (TPSA) is 32.3 Å². The SMILES string of the molecule is CN1/C(=C/C(=O)Nc2ccc(F)cc2)C(C)(C)c2ccccc21. The Balaban J connectivity index is 1.88. The van der Waals surface area contributed by atoms with Crippen molar-refractivity contribution in [1.29, 1.82) is 0 Å². The van der Waals surface area contributed by atoms with E-state index < -0.39 is 0 Å². The highest BCUT2D eigenvalue weighted by atomic mass is 19.1. The van der Waals surface area contributed by atoms with Gasteiger partial charge in [-0.25, -0.2) is 4.39 Å². The van der Waals surface area contributed by atoms with E-state index in [0.29, 0.717) is 5.69 Å². The number of hydrogen-bond donors (Lipinski definition) is 1. The van der Waals surface area contributed by atoms with Crippen LogP contribution in [0.2, 0.25) is 0 Å². The number of likely N-dealkylation sites (N-methyl/N-ethyl adjacent to an activating group) is 1. The molecule has 23 heavy (non-hydrogen) atoms. The van der Waals surface area contributed by atoms with Gasteiger partial charge in [0.05, 0.1) is 0 Å². The molecule has 0 aliphatic carbocycles. The van der Waals surface area contributed by atoms with E-state index in [0.717, 1.165) is 11.4 Å². The molecule has 4 heteroatoms. The van der Waals surface area contributed by atoms with Gasteiger partial charge in [0.2, 0.25) is 5.91 Å². The first kappa shape index (κ1) is 15.3. The average molecular weight is 310 g/mol. The molecule has 0 aromatic heterocycles. The summed E-state index contributed by atoms with van der Waals surface area (Å²) in [6.45, 7) is 4.21. The van der Waals surface area contributed by atoms with Gasteiger partial charge in [0.15, 0.2) is 0 Å². The number of anilines is 2. The molecule has 2 aromatic carbocycles. The third-order valence-electron chi connectivity index (χ3n) is 4.32. The van der Waals surface area contributed by atoms with Gasteiger partial charge in [-0.1, -0.05) is 32.0 Å². The molecule has 118 valence electrons. The lowest BCUT2D eigenvalue weighted by atomic mass is 9.84. The van der Waals surface area contributed by atoms with E-state index in [2.05, 4.69) is 31.3 Å². The van der Waals surface area contributed by atoms with Crippen molar-refractivity contribution in [3.63, 3.8) is 0 Å². The summed E-state index contributed by atoms with van der Waals surface area (Å²) in [7, 11) is 1.96. The number of amides is 1. The first-order chi connectivity index (χ1) is 10.9. The summed E-state index contributed by atoms with van der Waals surface area (Å²) < 4.78 is 12.9. The van der Waals surface area contributed by atoms with Gasteiger partial charge >= 0.3 is 0 Å². The standard InChI is InChI=1S/C19H19FN2O/c1-19(2)15-6-4-5-7-16(15)22(3)17(19)12-18(23)21-14-10-8-13(20)9-11-14/h4-12H,1-3H3,(H,21,23)/b17-12+. The maximum atomic E-state index is 12.9. The average Bonchev–Trinajstić information content (AvgIpc) is 2.71. The fourth-order valence-corrected chi connectivity index (χ4v) is 3.09. The van der Waals surface area contributed by atoms with Crippen LogP contribution in [0.3, 0.4) is 0 Å². The second kappa shape index (κ2) is 5.54. The highest BCUT2D eigenvalue weighted by Crippen LogP contribution is 2.46. The number of para-hydroxylation sites is 1. The van der Waals surface area contributed by atoms with Crippen molar-refractivity contribution in [3.8, 4) is 0 Å². The van der Waals surface area contributed by atoms with Crippen molar-refractivity contribution in [2.75, 3.05) is 17.3 Å². The molecular formula is C19H19FN2O. The van der Waals surface area contributed by atoms with Crippen molar-refractivity contribution < 1.29 is 9.18 Å². The summed E-state index contributed by atoms with van der Waals surface area (Å²) >= 11 is 0. The first-order valence-electron chi connectivity index (χ1n) is 7.51. The molecule has 0 saturated heterocycles. The Kier molecular flexibility index (Phi) is 3.68. The maximum absolute atomic E-state index is 12.9. The van der Waals surface area contributed by atoms with Gasteiger partial charge < -0.3 is 10.2 Å². The van der Waals surface area contributed by atoms with Gasteiger partial charge in [-0.2, -0.15) is 0 Å². The Morgan fingerprint density at radius 3 is 2.43 bits per heavy atom. The molecule has 0 spiro atoms. The molecule has 1 aliphatic heterocycles. The summed E-state index contributed by atoms with van der Waals surface area (Å²) in [4.78, 5) is 14.4. The lowest BCUT2D eigenvalue weighted by Gasteiger charge is -2.24. The number of nitrogens with one attached hydrogen (secondary N) is 1. The van der Waals surface area contributed by atoms with E-state index >= 15 is 0 Å². The number of fused-ring (bicyclic) bond motifs is 1. The molecule has 1 aliphatic rings. The van der Waals surface area contributed by atoms with Gasteiger partial charge in [-0.3, -0.25) is 4.79 Å². The number of allylic oxidation sites excluding steroid dienone is 1. The summed E-state index contributed by atoms with van der Waals surface area (Å²) in [5, 5.41) is 2.77. The van der Waals surface area contributed by atoms with Crippen LogP contribution in [-0.2, 0) is 10.2 Å². The van der Waals surface area contributed by atoms with E-state index in [4.69, 9.17) is 0 Å². The van der Waals surface area contributed by atoms with Gasteiger partial charge in [0, 0.05) is 35.6 Å². The van der Waals surface area contributed by atoms with Gasteiger partial charge in [0.25, 0.3) is 0 Å². The molecule has 3 rings (SSSR count). The van der Waals surface area contributed by atoms with Crippen LogP contribution in [-0.4, -0.2) is 13.0 Å². The van der Waals surface area contributed by atoms with E-state index in [9.17, 15) is 9.18 Å². The molecule has 2 aromatic rings. The van der Waals surface area contributed by atoms with Gasteiger partial charge in [-0.05, 0) is 35.9 Å². The Morgan fingerprint density at radius 2 is 1.78 bits per heavy atom. The maximum Gasteiger partial charge on any atom is 0.250 e. The van der Waals surface area contributed by atoms with Crippen LogP contribution >= 0.6 is 0 Å². The third kappa shape index (κ3) is 2.72. The largest absolute Gasteiger partial charge is 0.347 e. The quantitative estimate of drug-likeness (QED) is 0.848. The van der Waals surface area contributed by atoms with Crippen molar-refractivity contribution in [1.82, 2.24) is 0 Å².